The Bertz CT molecular complexity index is 438. The predicted octanol–water partition coefficient (Wildman–Crippen LogP) is 0.108. The normalized spacial score (nSPS) is 12.6. The first-order valence-electron chi connectivity index (χ1n) is 5.08. The summed E-state index contributed by atoms with van der Waals surface area (Å²) in [5.74, 6) is 0. The van der Waals surface area contributed by atoms with E-state index in [1.165, 1.54) is 0 Å². The van der Waals surface area contributed by atoms with Crippen LogP contribution in [0.25, 0.3) is 0 Å². The van der Waals surface area contributed by atoms with Gasteiger partial charge in [0.1, 0.15) is 0 Å². The number of rotatable bonds is 4. The maximum absolute atomic E-state index is 4.07. The molecule has 6 heteroatoms. The van der Waals surface area contributed by atoms with Gasteiger partial charge in [-0.15, -0.1) is 5.10 Å². The fraction of sp³-hybridized carbons (Fsp3) is 0.400. The summed E-state index contributed by atoms with van der Waals surface area (Å²) in [5.41, 5.74) is 2.06. The van der Waals surface area contributed by atoms with Crippen LogP contribution in [0.2, 0.25) is 0 Å². The summed E-state index contributed by atoms with van der Waals surface area (Å²) in [5, 5.41) is 18.8. The van der Waals surface area contributed by atoms with Gasteiger partial charge in [0, 0.05) is 31.9 Å². The van der Waals surface area contributed by atoms with Gasteiger partial charge in [0.05, 0.1) is 11.9 Å². The molecule has 2 aromatic heterocycles. The van der Waals surface area contributed by atoms with E-state index >= 15 is 0 Å². The van der Waals surface area contributed by atoms with Gasteiger partial charge in [0.15, 0.2) is 0 Å². The number of hydrogen-bond donors (Lipinski definition) is 1. The van der Waals surface area contributed by atoms with Crippen LogP contribution in [0.4, 0.5) is 0 Å². The Morgan fingerprint density at radius 3 is 2.88 bits per heavy atom. The zero-order valence-corrected chi connectivity index (χ0v) is 9.33. The molecule has 0 spiro atoms. The first kappa shape index (κ1) is 10.7. The van der Waals surface area contributed by atoms with E-state index in [-0.39, 0.29) is 6.04 Å². The van der Waals surface area contributed by atoms with Crippen molar-refractivity contribution < 1.29 is 0 Å². The van der Waals surface area contributed by atoms with Crippen molar-refractivity contribution in [2.24, 2.45) is 7.05 Å². The van der Waals surface area contributed by atoms with Gasteiger partial charge in [-0.1, -0.05) is 5.21 Å². The first-order valence-corrected chi connectivity index (χ1v) is 5.08. The van der Waals surface area contributed by atoms with E-state index in [4.69, 9.17) is 0 Å². The van der Waals surface area contributed by atoms with Gasteiger partial charge in [-0.05, 0) is 18.7 Å². The summed E-state index contributed by atoms with van der Waals surface area (Å²) >= 11 is 0. The second kappa shape index (κ2) is 4.80. The van der Waals surface area contributed by atoms with E-state index in [1.807, 2.05) is 26.4 Å². The van der Waals surface area contributed by atoms with Crippen molar-refractivity contribution in [3.8, 4) is 0 Å². The van der Waals surface area contributed by atoms with Gasteiger partial charge in [-0.3, -0.25) is 4.68 Å². The summed E-state index contributed by atoms with van der Waals surface area (Å²) < 4.78 is 1.70. The number of nitrogens with zero attached hydrogens (tertiary/aromatic N) is 5. The van der Waals surface area contributed by atoms with Crippen molar-refractivity contribution in [2.45, 2.75) is 12.5 Å². The average molecular weight is 218 g/mol. The van der Waals surface area contributed by atoms with Crippen molar-refractivity contribution in [1.82, 2.24) is 30.5 Å². The van der Waals surface area contributed by atoms with Crippen LogP contribution in [-0.4, -0.2) is 32.2 Å². The largest absolute Gasteiger partial charge is 0.313 e. The quantitative estimate of drug-likeness (QED) is 0.788. The molecule has 2 heterocycles. The van der Waals surface area contributed by atoms with E-state index in [2.05, 4.69) is 25.8 Å². The van der Waals surface area contributed by atoms with Crippen molar-refractivity contribution in [1.29, 1.82) is 0 Å². The molecule has 0 bridgehead atoms. The van der Waals surface area contributed by atoms with Crippen molar-refractivity contribution in [3.05, 3.63) is 35.9 Å². The summed E-state index contributed by atoms with van der Waals surface area (Å²) in [7, 11) is 3.78. The third-order valence-corrected chi connectivity index (χ3v) is 2.42. The Morgan fingerprint density at radius 1 is 1.44 bits per heavy atom. The van der Waals surface area contributed by atoms with Gasteiger partial charge in [-0.25, -0.2) is 0 Å². The summed E-state index contributed by atoms with van der Waals surface area (Å²) in [4.78, 5) is 0. The number of aromatic nitrogens is 5. The van der Waals surface area contributed by atoms with Crippen LogP contribution in [0.5, 0.6) is 0 Å². The topological polar surface area (TPSA) is 68.5 Å². The second-order valence-corrected chi connectivity index (χ2v) is 3.60. The van der Waals surface area contributed by atoms with Crippen LogP contribution < -0.4 is 5.32 Å². The first-order chi connectivity index (χ1) is 7.79. The molecule has 0 radical (unpaired) electrons. The summed E-state index contributed by atoms with van der Waals surface area (Å²) in [6.45, 7) is 0. The monoisotopic (exact) mass is 218 g/mol. The molecule has 6 nitrogen and oxygen atoms in total. The minimum Gasteiger partial charge on any atom is -0.313 e. The van der Waals surface area contributed by atoms with E-state index in [0.29, 0.717) is 0 Å². The van der Waals surface area contributed by atoms with E-state index in [9.17, 15) is 0 Å². The number of nitrogens with one attached hydrogen (secondary N) is 1. The molecule has 0 saturated carbocycles. The molecule has 0 saturated heterocycles. The summed E-state index contributed by atoms with van der Waals surface area (Å²) in [6, 6.07) is 2.14. The fourth-order valence-electron chi connectivity index (χ4n) is 1.59. The van der Waals surface area contributed by atoms with Crippen LogP contribution in [0.15, 0.2) is 24.7 Å². The Morgan fingerprint density at radius 2 is 2.31 bits per heavy atom. The maximum Gasteiger partial charge on any atom is 0.0845 e. The molecule has 0 aliphatic rings. The molecule has 84 valence electrons. The average Bonchev–Trinajstić information content (AvgIpc) is 2.73. The molecular weight excluding hydrogens is 204 g/mol. The molecule has 0 amide bonds. The summed E-state index contributed by atoms with van der Waals surface area (Å²) in [6.07, 6.45) is 6.16. The molecule has 2 aromatic rings. The minimum absolute atomic E-state index is 0.187. The lowest BCUT2D eigenvalue weighted by atomic mass is 10.1. The molecule has 16 heavy (non-hydrogen) atoms. The standard InChI is InChI=1S/C10H14N6/c1-11-10(8-3-4-12-13-6-8)5-9-7-16(2)15-14-9/h3-4,6-7,10-11H,5H2,1-2H3. The van der Waals surface area contributed by atoms with E-state index < -0.39 is 0 Å². The lowest BCUT2D eigenvalue weighted by Gasteiger charge is -2.13. The minimum atomic E-state index is 0.187. The lowest BCUT2D eigenvalue weighted by Crippen LogP contribution is -2.19. The molecule has 1 unspecified atom stereocenters. The van der Waals surface area contributed by atoms with Gasteiger partial charge in [0.2, 0.25) is 0 Å². The Kier molecular flexibility index (Phi) is 3.21. The smallest absolute Gasteiger partial charge is 0.0845 e. The molecular formula is C10H14N6. The molecule has 1 N–H and O–H groups in total. The highest BCUT2D eigenvalue weighted by Crippen LogP contribution is 2.14. The SMILES string of the molecule is CNC(Cc1cn(C)nn1)c1ccnnc1. The van der Waals surface area contributed by atoms with Gasteiger partial charge in [0.25, 0.3) is 0 Å². The predicted molar refractivity (Wildman–Crippen MR) is 58.5 cm³/mol. The second-order valence-electron chi connectivity index (χ2n) is 3.60. The zero-order valence-electron chi connectivity index (χ0n) is 9.33. The number of aryl methyl sites for hydroxylation is 1. The molecule has 2 rings (SSSR count). The Hall–Kier alpha value is -1.82. The van der Waals surface area contributed by atoms with Gasteiger partial charge in [-0.2, -0.15) is 10.2 Å². The number of hydrogen-bond acceptors (Lipinski definition) is 5. The van der Waals surface area contributed by atoms with Crippen molar-refractivity contribution >= 4 is 0 Å². The maximum atomic E-state index is 4.07. The third kappa shape index (κ3) is 2.40. The fourth-order valence-corrected chi connectivity index (χ4v) is 1.59. The van der Waals surface area contributed by atoms with E-state index in [1.54, 1.807) is 17.1 Å². The van der Waals surface area contributed by atoms with Gasteiger partial charge >= 0.3 is 0 Å². The Balaban J connectivity index is 2.12. The highest BCUT2D eigenvalue weighted by Gasteiger charge is 2.12. The number of likely N-dealkylation sites (N-methyl/N-ethyl adjacent to an activating group) is 1. The van der Waals surface area contributed by atoms with Crippen LogP contribution >= 0.6 is 0 Å². The highest BCUT2D eigenvalue weighted by molar-refractivity contribution is 5.14. The highest BCUT2D eigenvalue weighted by atomic mass is 15.4. The van der Waals surface area contributed by atoms with Crippen LogP contribution in [0.1, 0.15) is 17.3 Å². The molecule has 0 aliphatic heterocycles. The lowest BCUT2D eigenvalue weighted by molar-refractivity contribution is 0.579. The van der Waals surface area contributed by atoms with Crippen molar-refractivity contribution in [2.75, 3.05) is 7.05 Å². The van der Waals surface area contributed by atoms with Crippen LogP contribution in [0.3, 0.4) is 0 Å². The molecule has 0 aliphatic carbocycles. The van der Waals surface area contributed by atoms with Crippen LogP contribution in [0, 0.1) is 0 Å². The molecule has 0 fully saturated rings. The molecule has 1 atom stereocenters. The third-order valence-electron chi connectivity index (χ3n) is 2.42. The Labute approximate surface area is 93.7 Å². The zero-order chi connectivity index (χ0) is 11.4. The van der Waals surface area contributed by atoms with Crippen LogP contribution in [-0.2, 0) is 13.5 Å². The van der Waals surface area contributed by atoms with Gasteiger partial charge < -0.3 is 5.32 Å². The van der Waals surface area contributed by atoms with E-state index in [0.717, 1.165) is 17.7 Å². The van der Waals surface area contributed by atoms with Crippen molar-refractivity contribution in [3.63, 3.8) is 0 Å². The molecule has 0 aromatic carbocycles.